The molecule has 1 amide bonds. The minimum Gasteiger partial charge on any atom is -0.481 e. The van der Waals surface area contributed by atoms with E-state index < -0.39 is 11.4 Å². The quantitative estimate of drug-likeness (QED) is 0.883. The molecule has 0 atom stereocenters. The van der Waals surface area contributed by atoms with E-state index in [2.05, 4.69) is 10.5 Å². The lowest BCUT2D eigenvalue weighted by Gasteiger charge is -2.11. The molecular weight excluding hydrogens is 284 g/mol. The fourth-order valence-electron chi connectivity index (χ4n) is 2.39. The van der Waals surface area contributed by atoms with Crippen molar-refractivity contribution < 1.29 is 19.2 Å². The molecule has 6 nitrogen and oxygen atoms in total. The fraction of sp³-hybridized carbons (Fsp3) is 0.312. The number of carbonyl (C=O) groups excluding carboxylic acids is 1. The van der Waals surface area contributed by atoms with Crippen LogP contribution in [0.25, 0.3) is 11.3 Å². The van der Waals surface area contributed by atoms with Crippen LogP contribution in [-0.4, -0.2) is 28.7 Å². The summed E-state index contributed by atoms with van der Waals surface area (Å²) in [5.41, 5.74) is 0.806. The van der Waals surface area contributed by atoms with Gasteiger partial charge in [0.15, 0.2) is 0 Å². The Labute approximate surface area is 127 Å². The van der Waals surface area contributed by atoms with Gasteiger partial charge in [-0.3, -0.25) is 9.59 Å². The van der Waals surface area contributed by atoms with Crippen molar-refractivity contribution in [2.75, 3.05) is 6.54 Å². The minimum absolute atomic E-state index is 0.125. The van der Waals surface area contributed by atoms with Gasteiger partial charge in [-0.15, -0.1) is 0 Å². The largest absolute Gasteiger partial charge is 0.481 e. The van der Waals surface area contributed by atoms with Crippen LogP contribution in [0.5, 0.6) is 0 Å². The molecule has 0 radical (unpaired) electrons. The highest BCUT2D eigenvalue weighted by Crippen LogP contribution is 2.45. The summed E-state index contributed by atoms with van der Waals surface area (Å²) in [6, 6.07) is 9.26. The van der Waals surface area contributed by atoms with E-state index in [1.807, 2.05) is 30.3 Å². The second-order valence-electron chi connectivity index (χ2n) is 5.60. The summed E-state index contributed by atoms with van der Waals surface area (Å²) in [6.45, 7) is 1.79. The molecule has 1 aliphatic rings. The fourth-order valence-corrected chi connectivity index (χ4v) is 2.39. The summed E-state index contributed by atoms with van der Waals surface area (Å²) in [5.74, 6) is -0.806. The molecular formula is C16H16N2O4. The second-order valence-corrected chi connectivity index (χ2v) is 5.60. The highest BCUT2D eigenvalue weighted by Gasteiger charge is 2.50. The molecule has 0 spiro atoms. The second kappa shape index (κ2) is 5.29. The Morgan fingerprint density at radius 2 is 2.00 bits per heavy atom. The van der Waals surface area contributed by atoms with Gasteiger partial charge < -0.3 is 14.9 Å². The number of benzene rings is 1. The smallest absolute Gasteiger partial charge is 0.311 e. The van der Waals surface area contributed by atoms with Gasteiger partial charge in [0.25, 0.3) is 5.91 Å². The zero-order valence-electron chi connectivity index (χ0n) is 12.1. The normalized spacial score (nSPS) is 15.3. The van der Waals surface area contributed by atoms with Gasteiger partial charge in [0, 0.05) is 12.1 Å². The lowest BCUT2D eigenvalue weighted by molar-refractivity contribution is -0.143. The highest BCUT2D eigenvalue weighted by molar-refractivity contribution is 6.01. The summed E-state index contributed by atoms with van der Waals surface area (Å²) in [7, 11) is 0. The lowest BCUT2D eigenvalue weighted by atomic mass is 10.0. The molecule has 0 bridgehead atoms. The van der Waals surface area contributed by atoms with Gasteiger partial charge in [-0.05, 0) is 19.8 Å². The van der Waals surface area contributed by atoms with Crippen molar-refractivity contribution >= 4 is 11.9 Å². The number of hydrogen-bond donors (Lipinski definition) is 2. The number of amides is 1. The van der Waals surface area contributed by atoms with Crippen LogP contribution in [0, 0.1) is 12.3 Å². The van der Waals surface area contributed by atoms with Crippen LogP contribution < -0.4 is 5.32 Å². The molecule has 1 heterocycles. The first kappa shape index (κ1) is 14.3. The number of aromatic nitrogens is 1. The number of aliphatic carboxylic acids is 1. The van der Waals surface area contributed by atoms with Crippen molar-refractivity contribution in [1.82, 2.24) is 10.5 Å². The first-order chi connectivity index (χ1) is 10.5. The van der Waals surface area contributed by atoms with Crippen molar-refractivity contribution in [3.05, 3.63) is 41.7 Å². The van der Waals surface area contributed by atoms with E-state index in [-0.39, 0.29) is 12.5 Å². The Hall–Kier alpha value is -2.63. The molecule has 114 valence electrons. The third-order valence-electron chi connectivity index (χ3n) is 4.03. The number of nitrogens with one attached hydrogen (secondary N) is 1. The topological polar surface area (TPSA) is 92.4 Å². The van der Waals surface area contributed by atoms with Crippen molar-refractivity contribution in [3.63, 3.8) is 0 Å². The molecule has 1 aromatic carbocycles. The SMILES string of the molecule is Cc1onc(-c2ccccc2)c1C(=O)NCC1(C(=O)O)CC1. The number of aryl methyl sites for hydroxylation is 1. The Kier molecular flexibility index (Phi) is 3.44. The molecule has 0 saturated heterocycles. The Morgan fingerprint density at radius 3 is 2.59 bits per heavy atom. The van der Waals surface area contributed by atoms with Gasteiger partial charge in [0.1, 0.15) is 17.0 Å². The summed E-state index contributed by atoms with van der Waals surface area (Å²) in [6.07, 6.45) is 1.19. The average Bonchev–Trinajstić information content (AvgIpc) is 3.22. The van der Waals surface area contributed by atoms with Gasteiger partial charge >= 0.3 is 5.97 Å². The molecule has 1 saturated carbocycles. The molecule has 1 aliphatic carbocycles. The number of hydrogen-bond acceptors (Lipinski definition) is 4. The van der Waals surface area contributed by atoms with Gasteiger partial charge in [0.2, 0.25) is 0 Å². The number of carboxylic acid groups (broad SMARTS) is 1. The zero-order chi connectivity index (χ0) is 15.7. The van der Waals surface area contributed by atoms with Gasteiger partial charge in [-0.1, -0.05) is 35.5 Å². The molecule has 3 rings (SSSR count). The van der Waals surface area contributed by atoms with Crippen molar-refractivity contribution in [1.29, 1.82) is 0 Å². The van der Waals surface area contributed by atoms with Crippen LogP contribution in [0.15, 0.2) is 34.9 Å². The van der Waals surface area contributed by atoms with Gasteiger partial charge in [-0.2, -0.15) is 0 Å². The van der Waals surface area contributed by atoms with E-state index in [0.717, 1.165) is 5.56 Å². The predicted octanol–water partition coefficient (Wildman–Crippen LogP) is 2.24. The predicted molar refractivity (Wildman–Crippen MR) is 78.3 cm³/mol. The summed E-state index contributed by atoms with van der Waals surface area (Å²) in [4.78, 5) is 23.6. The van der Waals surface area contributed by atoms with Crippen LogP contribution in [0.2, 0.25) is 0 Å². The van der Waals surface area contributed by atoms with E-state index in [0.29, 0.717) is 29.9 Å². The van der Waals surface area contributed by atoms with Gasteiger partial charge in [0.05, 0.1) is 5.41 Å². The molecule has 2 N–H and O–H groups in total. The lowest BCUT2D eigenvalue weighted by Crippen LogP contribution is -2.34. The zero-order valence-corrected chi connectivity index (χ0v) is 12.1. The van der Waals surface area contributed by atoms with Crippen LogP contribution >= 0.6 is 0 Å². The Bertz CT molecular complexity index is 717. The standard InChI is InChI=1S/C16H16N2O4/c1-10-12(13(18-22-10)11-5-3-2-4-6-11)14(19)17-9-16(7-8-16)15(20)21/h2-6H,7-9H2,1H3,(H,17,19)(H,20,21). The van der Waals surface area contributed by atoms with E-state index >= 15 is 0 Å². The van der Waals surface area contributed by atoms with Crippen LogP contribution in [0.3, 0.4) is 0 Å². The molecule has 1 fully saturated rings. The van der Waals surface area contributed by atoms with Crippen LogP contribution in [-0.2, 0) is 4.79 Å². The van der Waals surface area contributed by atoms with Crippen LogP contribution in [0.4, 0.5) is 0 Å². The number of nitrogens with zero attached hydrogens (tertiary/aromatic N) is 1. The Morgan fingerprint density at radius 1 is 1.32 bits per heavy atom. The summed E-state index contributed by atoms with van der Waals surface area (Å²) >= 11 is 0. The highest BCUT2D eigenvalue weighted by atomic mass is 16.5. The molecule has 1 aromatic heterocycles. The maximum Gasteiger partial charge on any atom is 0.311 e. The minimum atomic E-state index is -0.863. The molecule has 0 aliphatic heterocycles. The van der Waals surface area contributed by atoms with Crippen molar-refractivity contribution in [2.45, 2.75) is 19.8 Å². The molecule has 0 unspecified atom stereocenters. The first-order valence-electron chi connectivity index (χ1n) is 7.07. The third-order valence-corrected chi connectivity index (χ3v) is 4.03. The molecule has 6 heteroatoms. The monoisotopic (exact) mass is 300 g/mol. The summed E-state index contributed by atoms with van der Waals surface area (Å²) < 4.78 is 5.14. The average molecular weight is 300 g/mol. The van der Waals surface area contributed by atoms with Gasteiger partial charge in [-0.25, -0.2) is 0 Å². The first-order valence-corrected chi connectivity index (χ1v) is 7.07. The van der Waals surface area contributed by atoms with E-state index in [1.54, 1.807) is 6.92 Å². The van der Waals surface area contributed by atoms with Crippen LogP contribution in [0.1, 0.15) is 29.0 Å². The van der Waals surface area contributed by atoms with Crippen molar-refractivity contribution in [2.24, 2.45) is 5.41 Å². The van der Waals surface area contributed by atoms with E-state index in [9.17, 15) is 9.59 Å². The van der Waals surface area contributed by atoms with E-state index in [4.69, 9.17) is 9.63 Å². The van der Waals surface area contributed by atoms with E-state index in [1.165, 1.54) is 0 Å². The summed E-state index contributed by atoms with van der Waals surface area (Å²) in [5, 5.41) is 15.8. The number of carbonyl (C=O) groups is 2. The maximum atomic E-state index is 12.4. The molecule has 22 heavy (non-hydrogen) atoms. The number of carboxylic acids is 1. The number of rotatable bonds is 5. The maximum absolute atomic E-state index is 12.4. The Balaban J connectivity index is 1.81. The third kappa shape index (κ3) is 2.47. The van der Waals surface area contributed by atoms with Crippen molar-refractivity contribution in [3.8, 4) is 11.3 Å². The molecule has 2 aromatic rings.